The molecule has 0 atom stereocenters. The van der Waals surface area contributed by atoms with E-state index in [9.17, 15) is 9.59 Å². The van der Waals surface area contributed by atoms with Crippen molar-refractivity contribution in [3.63, 3.8) is 0 Å². The molecule has 0 bridgehead atoms. The molecule has 1 rings (SSSR count). The van der Waals surface area contributed by atoms with Crippen LogP contribution >= 0.6 is 15.9 Å². The molecule has 0 aliphatic heterocycles. The highest BCUT2D eigenvalue weighted by molar-refractivity contribution is 9.10. The molecule has 0 amide bonds. The number of aryl methyl sites for hydroxylation is 1. The van der Waals surface area contributed by atoms with Gasteiger partial charge in [0.15, 0.2) is 6.29 Å². The van der Waals surface area contributed by atoms with Crippen molar-refractivity contribution in [3.05, 3.63) is 33.3 Å². The van der Waals surface area contributed by atoms with E-state index < -0.39 is 5.97 Å². The lowest BCUT2D eigenvalue weighted by atomic mass is 10.1. The summed E-state index contributed by atoms with van der Waals surface area (Å²) in [5, 5.41) is 0. The third-order valence-electron chi connectivity index (χ3n) is 1.97. The van der Waals surface area contributed by atoms with Crippen LogP contribution in [-0.4, -0.2) is 18.9 Å². The predicted octanol–water partition coefficient (Wildman–Crippen LogP) is 2.75. The maximum atomic E-state index is 11.5. The van der Waals surface area contributed by atoms with Crippen LogP contribution in [0.3, 0.4) is 0 Å². The Balaban J connectivity index is 3.18. The average Bonchev–Trinajstić information content (AvgIpc) is 2.18. The number of benzene rings is 1. The number of halogens is 1. The molecule has 0 aromatic heterocycles. The Kier molecular flexibility index (Phi) is 4.03. The van der Waals surface area contributed by atoms with Crippen molar-refractivity contribution in [2.24, 2.45) is 0 Å². The number of aldehydes is 1. The molecular weight excluding hydrogens is 260 g/mol. The molecule has 0 saturated carbocycles. The summed E-state index contributed by atoms with van der Waals surface area (Å²) in [5.41, 5.74) is 1.66. The second kappa shape index (κ2) is 5.07. The Hall–Kier alpha value is -1.16. The van der Waals surface area contributed by atoms with E-state index in [0.717, 1.165) is 5.56 Å². The lowest BCUT2D eigenvalue weighted by Crippen LogP contribution is -2.07. The lowest BCUT2D eigenvalue weighted by molar-refractivity contribution is 0.0525. The lowest BCUT2D eigenvalue weighted by Gasteiger charge is -2.07. The van der Waals surface area contributed by atoms with E-state index in [2.05, 4.69) is 15.9 Å². The molecule has 0 radical (unpaired) electrons. The Morgan fingerprint density at radius 1 is 1.53 bits per heavy atom. The second-order valence-electron chi connectivity index (χ2n) is 3.03. The van der Waals surface area contributed by atoms with Gasteiger partial charge in [-0.1, -0.05) is 15.9 Å². The topological polar surface area (TPSA) is 43.4 Å². The van der Waals surface area contributed by atoms with Gasteiger partial charge in [-0.05, 0) is 31.5 Å². The molecule has 3 nitrogen and oxygen atoms in total. The quantitative estimate of drug-likeness (QED) is 0.627. The summed E-state index contributed by atoms with van der Waals surface area (Å²) < 4.78 is 5.56. The molecule has 1 aromatic carbocycles. The predicted molar refractivity (Wildman–Crippen MR) is 60.2 cm³/mol. The Morgan fingerprint density at radius 2 is 2.20 bits per heavy atom. The normalized spacial score (nSPS) is 9.80. The molecule has 80 valence electrons. The van der Waals surface area contributed by atoms with Gasteiger partial charge in [-0.3, -0.25) is 4.79 Å². The van der Waals surface area contributed by atoms with E-state index in [-0.39, 0.29) is 0 Å². The van der Waals surface area contributed by atoms with Crippen LogP contribution in [0.5, 0.6) is 0 Å². The van der Waals surface area contributed by atoms with Crippen molar-refractivity contribution in [3.8, 4) is 0 Å². The highest BCUT2D eigenvalue weighted by Gasteiger charge is 2.12. The van der Waals surface area contributed by atoms with E-state index in [4.69, 9.17) is 4.74 Å². The number of hydrogen-bond acceptors (Lipinski definition) is 3. The van der Waals surface area contributed by atoms with Crippen LogP contribution < -0.4 is 0 Å². The zero-order chi connectivity index (χ0) is 11.4. The Morgan fingerprint density at radius 3 is 2.73 bits per heavy atom. The van der Waals surface area contributed by atoms with Crippen molar-refractivity contribution in [2.45, 2.75) is 13.8 Å². The molecule has 15 heavy (non-hydrogen) atoms. The fraction of sp³-hybridized carbons (Fsp3) is 0.273. The molecule has 0 aliphatic carbocycles. The van der Waals surface area contributed by atoms with E-state index >= 15 is 0 Å². The first-order valence-electron chi connectivity index (χ1n) is 4.52. The fourth-order valence-corrected chi connectivity index (χ4v) is 1.76. The van der Waals surface area contributed by atoms with E-state index in [1.165, 1.54) is 6.07 Å². The SMILES string of the molecule is CCOC(=O)c1cc(C=O)c(Br)cc1C. The van der Waals surface area contributed by atoms with Gasteiger partial charge in [-0.2, -0.15) is 0 Å². The zero-order valence-electron chi connectivity index (χ0n) is 8.54. The maximum absolute atomic E-state index is 11.5. The van der Waals surface area contributed by atoms with Crippen molar-refractivity contribution in [1.29, 1.82) is 0 Å². The average molecular weight is 271 g/mol. The third kappa shape index (κ3) is 2.65. The summed E-state index contributed by atoms with van der Waals surface area (Å²) in [4.78, 5) is 22.2. The van der Waals surface area contributed by atoms with E-state index in [1.807, 2.05) is 0 Å². The van der Waals surface area contributed by atoms with Gasteiger partial charge >= 0.3 is 5.97 Å². The molecule has 0 heterocycles. The third-order valence-corrected chi connectivity index (χ3v) is 2.65. The minimum atomic E-state index is -0.398. The van der Waals surface area contributed by atoms with Gasteiger partial charge in [0.25, 0.3) is 0 Å². The van der Waals surface area contributed by atoms with E-state index in [1.54, 1.807) is 19.9 Å². The fourth-order valence-electron chi connectivity index (χ4n) is 1.21. The molecule has 4 heteroatoms. The van der Waals surface area contributed by atoms with Gasteiger partial charge in [0, 0.05) is 10.0 Å². The van der Waals surface area contributed by atoms with Gasteiger partial charge < -0.3 is 4.74 Å². The summed E-state index contributed by atoms with van der Waals surface area (Å²) in [6, 6.07) is 3.26. The zero-order valence-corrected chi connectivity index (χ0v) is 10.1. The van der Waals surface area contributed by atoms with Crippen LogP contribution in [0, 0.1) is 6.92 Å². The minimum Gasteiger partial charge on any atom is -0.462 e. The molecule has 0 spiro atoms. The molecule has 0 unspecified atom stereocenters. The molecule has 0 saturated heterocycles. The number of hydrogen-bond donors (Lipinski definition) is 0. The van der Waals surface area contributed by atoms with Crippen LogP contribution in [0.1, 0.15) is 33.2 Å². The second-order valence-corrected chi connectivity index (χ2v) is 3.88. The van der Waals surface area contributed by atoms with E-state index in [0.29, 0.717) is 28.5 Å². The smallest absolute Gasteiger partial charge is 0.338 e. The Bertz CT molecular complexity index is 399. The van der Waals surface area contributed by atoms with Gasteiger partial charge in [0.1, 0.15) is 0 Å². The van der Waals surface area contributed by atoms with Gasteiger partial charge in [0.05, 0.1) is 12.2 Å². The minimum absolute atomic E-state index is 0.324. The standard InChI is InChI=1S/C11H11BrO3/c1-3-15-11(14)9-5-8(6-13)10(12)4-7(9)2/h4-6H,3H2,1-2H3. The van der Waals surface area contributed by atoms with Crippen LogP contribution in [0.2, 0.25) is 0 Å². The largest absolute Gasteiger partial charge is 0.462 e. The van der Waals surface area contributed by atoms with Crippen LogP contribution in [0.25, 0.3) is 0 Å². The first-order valence-corrected chi connectivity index (χ1v) is 5.32. The molecule has 0 fully saturated rings. The number of rotatable bonds is 3. The molecular formula is C11H11BrO3. The summed E-state index contributed by atoms with van der Waals surface area (Å²) in [7, 11) is 0. The molecule has 0 N–H and O–H groups in total. The summed E-state index contributed by atoms with van der Waals surface area (Å²) >= 11 is 3.25. The number of esters is 1. The van der Waals surface area contributed by atoms with Gasteiger partial charge in [-0.25, -0.2) is 4.79 Å². The molecule has 1 aromatic rings. The highest BCUT2D eigenvalue weighted by Crippen LogP contribution is 2.21. The monoisotopic (exact) mass is 270 g/mol. The number of ether oxygens (including phenoxy) is 1. The van der Waals surface area contributed by atoms with Crippen LogP contribution in [-0.2, 0) is 4.74 Å². The van der Waals surface area contributed by atoms with Gasteiger partial charge in [0.2, 0.25) is 0 Å². The van der Waals surface area contributed by atoms with Crippen molar-refractivity contribution in [2.75, 3.05) is 6.61 Å². The van der Waals surface area contributed by atoms with Crippen molar-refractivity contribution >= 4 is 28.2 Å². The first kappa shape index (κ1) is 11.9. The van der Waals surface area contributed by atoms with Crippen LogP contribution in [0.4, 0.5) is 0 Å². The summed E-state index contributed by atoms with van der Waals surface area (Å²) in [5.74, 6) is -0.398. The summed E-state index contributed by atoms with van der Waals surface area (Å²) in [6.07, 6.45) is 0.701. The van der Waals surface area contributed by atoms with Gasteiger partial charge in [-0.15, -0.1) is 0 Å². The first-order chi connectivity index (χ1) is 7.10. The summed E-state index contributed by atoms with van der Waals surface area (Å²) in [6.45, 7) is 3.86. The number of carbonyl (C=O) groups excluding carboxylic acids is 2. The molecule has 0 aliphatic rings. The van der Waals surface area contributed by atoms with Crippen molar-refractivity contribution in [1.82, 2.24) is 0 Å². The van der Waals surface area contributed by atoms with Crippen LogP contribution in [0.15, 0.2) is 16.6 Å². The van der Waals surface area contributed by atoms with Crippen molar-refractivity contribution < 1.29 is 14.3 Å². The Labute approximate surface area is 96.6 Å². The highest BCUT2D eigenvalue weighted by atomic mass is 79.9. The maximum Gasteiger partial charge on any atom is 0.338 e. The number of carbonyl (C=O) groups is 2.